The number of amides is 1. The number of nitrogens with zero attached hydrogens (tertiary/aromatic N) is 5. The molecule has 0 fully saturated rings. The van der Waals surface area contributed by atoms with Gasteiger partial charge in [0.2, 0.25) is 0 Å². The average molecular weight is 399 g/mol. The number of nitro benzene ring substituents is 1. The fourth-order valence-electron chi connectivity index (χ4n) is 3.07. The molecule has 2 aromatic carbocycles. The van der Waals surface area contributed by atoms with E-state index < -0.39 is 10.8 Å². The predicted octanol–water partition coefficient (Wildman–Crippen LogP) is 3.37. The maximum absolute atomic E-state index is 12.8. The molecular formula is C22H17N5O3. The van der Waals surface area contributed by atoms with Crippen LogP contribution < -0.4 is 5.49 Å². The fourth-order valence-corrected chi connectivity index (χ4v) is 3.07. The van der Waals surface area contributed by atoms with Gasteiger partial charge in [0.25, 0.3) is 11.6 Å². The van der Waals surface area contributed by atoms with E-state index in [1.54, 1.807) is 18.3 Å². The molecule has 0 bridgehead atoms. The molecule has 0 saturated heterocycles. The summed E-state index contributed by atoms with van der Waals surface area (Å²) in [7, 11) is 0. The molecule has 0 N–H and O–H groups in total. The highest BCUT2D eigenvalue weighted by Gasteiger charge is 2.18. The Morgan fingerprint density at radius 2 is 1.83 bits per heavy atom. The van der Waals surface area contributed by atoms with Crippen molar-refractivity contribution in [3.63, 3.8) is 0 Å². The molecular weight excluding hydrogens is 382 g/mol. The molecule has 0 spiro atoms. The summed E-state index contributed by atoms with van der Waals surface area (Å²) in [5.74, 6) is -0.553. The van der Waals surface area contributed by atoms with Gasteiger partial charge >= 0.3 is 0 Å². The molecule has 0 aliphatic heterocycles. The standard InChI is InChI=1S/C22H17N5O3/c28-22(18-9-10-19(20(14-18)27(29)30)26-13-11-23-16-26)24-21-8-4-5-12-25(21)15-17-6-2-1-3-7-17/h1-14,16H,15H2. The largest absolute Gasteiger partial charge is 0.328 e. The Kier molecular flexibility index (Phi) is 5.29. The Balaban J connectivity index is 1.70. The number of nitro groups is 1. The summed E-state index contributed by atoms with van der Waals surface area (Å²) in [4.78, 5) is 31.9. The minimum atomic E-state index is -0.553. The van der Waals surface area contributed by atoms with E-state index in [2.05, 4.69) is 9.98 Å². The lowest BCUT2D eigenvalue weighted by atomic mass is 10.1. The molecule has 4 aromatic rings. The van der Waals surface area contributed by atoms with Crippen LogP contribution in [0.3, 0.4) is 0 Å². The van der Waals surface area contributed by atoms with Gasteiger partial charge in [-0.2, -0.15) is 4.99 Å². The topological polar surface area (TPSA) is 95.3 Å². The molecule has 1 amide bonds. The Bertz CT molecular complexity index is 1260. The number of aromatic nitrogens is 3. The molecule has 8 nitrogen and oxygen atoms in total. The first-order valence-electron chi connectivity index (χ1n) is 9.17. The van der Waals surface area contributed by atoms with Crippen molar-refractivity contribution >= 4 is 11.6 Å². The van der Waals surface area contributed by atoms with Crippen molar-refractivity contribution in [3.8, 4) is 5.69 Å². The third kappa shape index (κ3) is 4.07. The van der Waals surface area contributed by atoms with Crippen molar-refractivity contribution in [3.05, 3.63) is 118 Å². The molecule has 2 heterocycles. The molecule has 8 heteroatoms. The summed E-state index contributed by atoms with van der Waals surface area (Å²) in [6, 6.07) is 19.5. The lowest BCUT2D eigenvalue weighted by Crippen LogP contribution is -2.22. The van der Waals surface area contributed by atoms with Crippen LogP contribution in [0.1, 0.15) is 15.9 Å². The zero-order chi connectivity index (χ0) is 20.9. The van der Waals surface area contributed by atoms with Crippen LogP contribution in [0.4, 0.5) is 5.69 Å². The monoisotopic (exact) mass is 399 g/mol. The number of benzene rings is 2. The van der Waals surface area contributed by atoms with Gasteiger partial charge in [0.05, 0.1) is 11.3 Å². The van der Waals surface area contributed by atoms with Gasteiger partial charge in [-0.1, -0.05) is 36.4 Å². The maximum Gasteiger partial charge on any atom is 0.294 e. The van der Waals surface area contributed by atoms with E-state index in [0.717, 1.165) is 5.56 Å². The third-order valence-electron chi connectivity index (χ3n) is 4.53. The molecule has 0 radical (unpaired) electrons. The summed E-state index contributed by atoms with van der Waals surface area (Å²) >= 11 is 0. The second kappa shape index (κ2) is 8.36. The zero-order valence-electron chi connectivity index (χ0n) is 15.8. The van der Waals surface area contributed by atoms with E-state index >= 15 is 0 Å². The van der Waals surface area contributed by atoms with Gasteiger partial charge in [0, 0.05) is 36.8 Å². The van der Waals surface area contributed by atoms with Gasteiger partial charge in [0.1, 0.15) is 11.2 Å². The smallest absolute Gasteiger partial charge is 0.294 e. The van der Waals surface area contributed by atoms with Gasteiger partial charge < -0.3 is 9.13 Å². The van der Waals surface area contributed by atoms with Crippen molar-refractivity contribution < 1.29 is 9.72 Å². The van der Waals surface area contributed by atoms with Crippen LogP contribution in [0.25, 0.3) is 5.69 Å². The van der Waals surface area contributed by atoms with Gasteiger partial charge in [-0.05, 0) is 29.8 Å². The van der Waals surface area contributed by atoms with Crippen molar-refractivity contribution in [2.75, 3.05) is 0 Å². The van der Waals surface area contributed by atoms with E-state index in [4.69, 9.17) is 0 Å². The summed E-state index contributed by atoms with van der Waals surface area (Å²) in [6.45, 7) is 0.549. The molecule has 0 atom stereocenters. The SMILES string of the molecule is O=C(N=c1ccccn1Cc1ccccc1)c1ccc(-n2ccnc2)c([N+](=O)[O-])c1. The van der Waals surface area contributed by atoms with Crippen LogP contribution in [0.5, 0.6) is 0 Å². The molecule has 0 aliphatic carbocycles. The lowest BCUT2D eigenvalue weighted by molar-refractivity contribution is -0.384. The van der Waals surface area contributed by atoms with Crippen LogP contribution in [0.2, 0.25) is 0 Å². The number of hydrogen-bond acceptors (Lipinski definition) is 4. The number of carbonyl (C=O) groups excluding carboxylic acids is 1. The van der Waals surface area contributed by atoms with Crippen LogP contribution in [-0.4, -0.2) is 24.9 Å². The first-order valence-corrected chi connectivity index (χ1v) is 9.17. The normalized spacial score (nSPS) is 11.4. The highest BCUT2D eigenvalue weighted by atomic mass is 16.6. The molecule has 148 valence electrons. The second-order valence-corrected chi connectivity index (χ2v) is 6.52. The van der Waals surface area contributed by atoms with E-state index in [1.807, 2.05) is 47.2 Å². The van der Waals surface area contributed by atoms with Gasteiger partial charge in [-0.15, -0.1) is 0 Å². The average Bonchev–Trinajstić information content (AvgIpc) is 3.30. The van der Waals surface area contributed by atoms with Crippen molar-refractivity contribution in [1.82, 2.24) is 14.1 Å². The van der Waals surface area contributed by atoms with Gasteiger partial charge in [-0.25, -0.2) is 4.98 Å². The second-order valence-electron chi connectivity index (χ2n) is 6.52. The predicted molar refractivity (Wildman–Crippen MR) is 110 cm³/mol. The quantitative estimate of drug-likeness (QED) is 0.380. The highest BCUT2D eigenvalue weighted by Crippen LogP contribution is 2.24. The Hall–Kier alpha value is -4.33. The van der Waals surface area contributed by atoms with Gasteiger partial charge in [-0.3, -0.25) is 14.9 Å². The number of pyridine rings is 1. The maximum atomic E-state index is 12.8. The van der Waals surface area contributed by atoms with Crippen LogP contribution in [0, 0.1) is 10.1 Å². The minimum Gasteiger partial charge on any atom is -0.328 e. The first kappa shape index (κ1) is 19.0. The summed E-state index contributed by atoms with van der Waals surface area (Å²) < 4.78 is 3.37. The van der Waals surface area contributed by atoms with Crippen LogP contribution in [0.15, 0.2) is 96.6 Å². The van der Waals surface area contributed by atoms with Gasteiger partial charge in [0.15, 0.2) is 0 Å². The number of hydrogen-bond donors (Lipinski definition) is 0. The third-order valence-corrected chi connectivity index (χ3v) is 4.53. The fraction of sp³-hybridized carbons (Fsp3) is 0.0455. The number of rotatable bonds is 5. The van der Waals surface area contributed by atoms with E-state index in [0.29, 0.717) is 17.7 Å². The molecule has 30 heavy (non-hydrogen) atoms. The Labute approximate surface area is 171 Å². The first-order chi connectivity index (χ1) is 14.6. The highest BCUT2D eigenvalue weighted by molar-refractivity contribution is 5.96. The lowest BCUT2D eigenvalue weighted by Gasteiger charge is -2.08. The summed E-state index contributed by atoms with van der Waals surface area (Å²) in [6.07, 6.45) is 6.43. The number of imidazole rings is 1. The Morgan fingerprint density at radius 1 is 1.03 bits per heavy atom. The minimum absolute atomic E-state index is 0.140. The van der Waals surface area contributed by atoms with Crippen molar-refractivity contribution in [2.45, 2.75) is 6.54 Å². The number of carbonyl (C=O) groups is 1. The Morgan fingerprint density at radius 3 is 2.57 bits per heavy atom. The van der Waals surface area contributed by atoms with Crippen LogP contribution in [-0.2, 0) is 6.54 Å². The molecule has 0 unspecified atom stereocenters. The summed E-state index contributed by atoms with van der Waals surface area (Å²) in [5.41, 5.74) is 1.80. The van der Waals surface area contributed by atoms with Crippen molar-refractivity contribution in [2.24, 2.45) is 4.99 Å². The van der Waals surface area contributed by atoms with E-state index in [1.165, 1.54) is 35.3 Å². The molecule has 2 aromatic heterocycles. The molecule has 0 saturated carbocycles. The summed E-state index contributed by atoms with van der Waals surface area (Å²) in [5, 5.41) is 11.5. The zero-order valence-corrected chi connectivity index (χ0v) is 15.8. The van der Waals surface area contributed by atoms with E-state index in [-0.39, 0.29) is 11.3 Å². The molecule has 4 rings (SSSR count). The van der Waals surface area contributed by atoms with E-state index in [9.17, 15) is 14.9 Å². The molecule has 0 aliphatic rings. The van der Waals surface area contributed by atoms with Crippen molar-refractivity contribution in [1.29, 1.82) is 0 Å². The van der Waals surface area contributed by atoms with Crippen LogP contribution >= 0.6 is 0 Å².